The molecule has 1 atom stereocenters. The summed E-state index contributed by atoms with van der Waals surface area (Å²) in [4.78, 5) is 38.0. The molecule has 7 nitrogen and oxygen atoms in total. The van der Waals surface area contributed by atoms with Crippen molar-refractivity contribution in [2.75, 3.05) is 23.3 Å². The van der Waals surface area contributed by atoms with Gasteiger partial charge in [0.25, 0.3) is 0 Å². The highest BCUT2D eigenvalue weighted by molar-refractivity contribution is 6.09. The Morgan fingerprint density at radius 3 is 2.61 bits per heavy atom. The predicted molar refractivity (Wildman–Crippen MR) is 108 cm³/mol. The molecule has 0 radical (unpaired) electrons. The maximum absolute atomic E-state index is 12.6. The van der Waals surface area contributed by atoms with Gasteiger partial charge in [-0.15, -0.1) is 0 Å². The van der Waals surface area contributed by atoms with Gasteiger partial charge in [-0.3, -0.25) is 14.5 Å². The quantitative estimate of drug-likeness (QED) is 0.672. The first kappa shape index (κ1) is 19.4. The first-order valence-corrected chi connectivity index (χ1v) is 9.33. The molecule has 1 aliphatic heterocycles. The second kappa shape index (κ2) is 9.03. The van der Waals surface area contributed by atoms with Gasteiger partial charge in [-0.2, -0.15) is 0 Å². The lowest BCUT2D eigenvalue weighted by Gasteiger charge is -2.30. The number of amides is 4. The Kier molecular flexibility index (Phi) is 6.26. The van der Waals surface area contributed by atoms with Gasteiger partial charge in [0.05, 0.1) is 11.4 Å². The van der Waals surface area contributed by atoms with Crippen molar-refractivity contribution in [3.63, 3.8) is 0 Å². The fourth-order valence-electron chi connectivity index (χ4n) is 3.04. The van der Waals surface area contributed by atoms with Crippen molar-refractivity contribution in [2.24, 2.45) is 0 Å². The van der Waals surface area contributed by atoms with Gasteiger partial charge in [0.15, 0.2) is 0 Å². The van der Waals surface area contributed by atoms with E-state index in [1.165, 1.54) is 10.5 Å². The molecule has 3 N–H and O–H groups in total. The van der Waals surface area contributed by atoms with Gasteiger partial charge in [-0.05, 0) is 37.5 Å². The molecule has 7 heteroatoms. The minimum Gasteiger partial charge on any atom is -0.354 e. The van der Waals surface area contributed by atoms with Crippen molar-refractivity contribution >= 4 is 29.2 Å². The Balaban J connectivity index is 1.48. The largest absolute Gasteiger partial charge is 0.354 e. The standard InChI is InChI=1S/C21H24N4O3/c1-15(20(27)22-13-7-10-16-8-3-2-4-9-16)23-21(28)25-14-19(26)24-17-11-5-6-12-18(17)25/h2-6,8-9,11-12,15H,7,10,13-14H2,1H3,(H,22,27)(H,23,28)(H,24,26)/t15-/m0/s1. The molecule has 1 aliphatic rings. The van der Waals surface area contributed by atoms with Crippen LogP contribution in [-0.4, -0.2) is 37.0 Å². The highest BCUT2D eigenvalue weighted by atomic mass is 16.2. The van der Waals surface area contributed by atoms with Crippen molar-refractivity contribution in [2.45, 2.75) is 25.8 Å². The molecular weight excluding hydrogens is 356 g/mol. The summed E-state index contributed by atoms with van der Waals surface area (Å²) in [6, 6.07) is 15.9. The third-order valence-corrected chi connectivity index (χ3v) is 4.53. The zero-order valence-electron chi connectivity index (χ0n) is 15.8. The number of fused-ring (bicyclic) bond motifs is 1. The molecule has 146 valence electrons. The fourth-order valence-corrected chi connectivity index (χ4v) is 3.04. The summed E-state index contributed by atoms with van der Waals surface area (Å²) in [6.07, 6.45) is 1.69. The van der Waals surface area contributed by atoms with Crippen LogP contribution in [0.1, 0.15) is 18.9 Å². The predicted octanol–water partition coefficient (Wildman–Crippen LogP) is 2.29. The SMILES string of the molecule is C[C@H](NC(=O)N1CC(=O)Nc2ccccc21)C(=O)NCCCc1ccccc1. The smallest absolute Gasteiger partial charge is 0.323 e. The number of urea groups is 1. The normalized spacial score (nSPS) is 13.9. The number of nitrogens with zero attached hydrogens (tertiary/aromatic N) is 1. The van der Waals surface area contributed by atoms with Crippen LogP contribution in [0.25, 0.3) is 0 Å². The van der Waals surface area contributed by atoms with Crippen LogP contribution in [0.15, 0.2) is 54.6 Å². The van der Waals surface area contributed by atoms with Gasteiger partial charge in [0, 0.05) is 6.54 Å². The summed E-state index contributed by atoms with van der Waals surface area (Å²) in [5, 5.41) is 8.23. The van der Waals surface area contributed by atoms with E-state index < -0.39 is 12.1 Å². The van der Waals surface area contributed by atoms with Gasteiger partial charge >= 0.3 is 6.03 Å². The second-order valence-corrected chi connectivity index (χ2v) is 6.70. The van der Waals surface area contributed by atoms with Crippen LogP contribution in [0.2, 0.25) is 0 Å². The maximum atomic E-state index is 12.6. The number of aryl methyl sites for hydroxylation is 1. The number of anilines is 2. The third-order valence-electron chi connectivity index (χ3n) is 4.53. The van der Waals surface area contributed by atoms with Crippen molar-refractivity contribution in [1.82, 2.24) is 10.6 Å². The van der Waals surface area contributed by atoms with Gasteiger partial charge < -0.3 is 16.0 Å². The lowest BCUT2D eigenvalue weighted by atomic mass is 10.1. The van der Waals surface area contributed by atoms with Crippen LogP contribution in [0, 0.1) is 0 Å². The van der Waals surface area contributed by atoms with Crippen LogP contribution in [-0.2, 0) is 16.0 Å². The molecule has 2 aromatic carbocycles. The lowest BCUT2D eigenvalue weighted by molar-refractivity contribution is -0.122. The van der Waals surface area contributed by atoms with Crippen molar-refractivity contribution in [3.8, 4) is 0 Å². The third kappa shape index (κ3) is 4.88. The fraction of sp³-hybridized carbons (Fsp3) is 0.286. The number of hydrogen-bond acceptors (Lipinski definition) is 3. The molecule has 2 aromatic rings. The molecule has 0 saturated heterocycles. The molecule has 0 fully saturated rings. The van der Waals surface area contributed by atoms with E-state index in [0.717, 1.165) is 12.8 Å². The van der Waals surface area contributed by atoms with E-state index in [2.05, 4.69) is 28.1 Å². The Morgan fingerprint density at radius 1 is 1.11 bits per heavy atom. The Morgan fingerprint density at radius 2 is 1.82 bits per heavy atom. The lowest BCUT2D eigenvalue weighted by Crippen LogP contribution is -2.53. The number of rotatable bonds is 6. The van der Waals surface area contributed by atoms with Gasteiger partial charge in [-0.1, -0.05) is 42.5 Å². The molecule has 0 spiro atoms. The van der Waals surface area contributed by atoms with Crippen LogP contribution in [0.3, 0.4) is 0 Å². The number of benzene rings is 2. The first-order chi connectivity index (χ1) is 13.5. The molecule has 1 heterocycles. The molecule has 0 saturated carbocycles. The van der Waals surface area contributed by atoms with Gasteiger partial charge in [-0.25, -0.2) is 4.79 Å². The van der Waals surface area contributed by atoms with E-state index in [9.17, 15) is 14.4 Å². The van der Waals surface area contributed by atoms with Crippen molar-refractivity contribution in [3.05, 3.63) is 60.2 Å². The number of nitrogens with one attached hydrogen (secondary N) is 3. The summed E-state index contributed by atoms with van der Waals surface area (Å²) < 4.78 is 0. The first-order valence-electron chi connectivity index (χ1n) is 9.33. The average Bonchev–Trinajstić information content (AvgIpc) is 2.71. The zero-order valence-corrected chi connectivity index (χ0v) is 15.8. The van der Waals surface area contributed by atoms with E-state index in [1.54, 1.807) is 31.2 Å². The summed E-state index contributed by atoms with van der Waals surface area (Å²) >= 11 is 0. The summed E-state index contributed by atoms with van der Waals surface area (Å²) in [6.45, 7) is 2.07. The average molecular weight is 380 g/mol. The molecule has 0 unspecified atom stereocenters. The zero-order chi connectivity index (χ0) is 19.9. The highest BCUT2D eigenvalue weighted by Crippen LogP contribution is 2.28. The number of hydrogen-bond donors (Lipinski definition) is 3. The Bertz CT molecular complexity index is 854. The molecule has 4 amide bonds. The van der Waals surface area contributed by atoms with Gasteiger partial charge in [0.2, 0.25) is 11.8 Å². The Hall–Kier alpha value is -3.35. The minimum absolute atomic E-state index is 0.0890. The van der Waals surface area contributed by atoms with Crippen LogP contribution in [0.5, 0.6) is 0 Å². The minimum atomic E-state index is -0.707. The molecule has 28 heavy (non-hydrogen) atoms. The summed E-state index contributed by atoms with van der Waals surface area (Å²) in [5.41, 5.74) is 2.40. The monoisotopic (exact) mass is 380 g/mol. The summed E-state index contributed by atoms with van der Waals surface area (Å²) in [5.74, 6) is -0.525. The van der Waals surface area contributed by atoms with E-state index in [4.69, 9.17) is 0 Å². The number of para-hydroxylation sites is 2. The van der Waals surface area contributed by atoms with Crippen molar-refractivity contribution < 1.29 is 14.4 Å². The molecule has 0 aromatic heterocycles. The Labute approximate surface area is 164 Å². The van der Waals surface area contributed by atoms with E-state index in [0.29, 0.717) is 17.9 Å². The van der Waals surface area contributed by atoms with Crippen LogP contribution in [0.4, 0.5) is 16.2 Å². The molecular formula is C21H24N4O3. The number of carbonyl (C=O) groups excluding carboxylic acids is 3. The van der Waals surface area contributed by atoms with E-state index in [-0.39, 0.29) is 18.4 Å². The van der Waals surface area contributed by atoms with Crippen molar-refractivity contribution in [1.29, 1.82) is 0 Å². The number of carbonyl (C=O) groups is 3. The molecule has 3 rings (SSSR count). The van der Waals surface area contributed by atoms with Crippen LogP contribution < -0.4 is 20.9 Å². The highest BCUT2D eigenvalue weighted by Gasteiger charge is 2.28. The maximum Gasteiger partial charge on any atom is 0.323 e. The molecule has 0 aliphatic carbocycles. The van der Waals surface area contributed by atoms with E-state index in [1.807, 2.05) is 18.2 Å². The van der Waals surface area contributed by atoms with Crippen LogP contribution >= 0.6 is 0 Å². The summed E-state index contributed by atoms with van der Waals surface area (Å²) in [7, 11) is 0. The molecule has 0 bridgehead atoms. The topological polar surface area (TPSA) is 90.5 Å². The van der Waals surface area contributed by atoms with E-state index >= 15 is 0 Å². The second-order valence-electron chi connectivity index (χ2n) is 6.70. The van der Waals surface area contributed by atoms with Gasteiger partial charge in [0.1, 0.15) is 12.6 Å².